The molecular weight excluding hydrogens is 421 g/mol. The second-order valence-corrected chi connectivity index (χ2v) is 7.45. The Morgan fingerprint density at radius 3 is 2.61 bits per heavy atom. The van der Waals surface area contributed by atoms with Crippen LogP contribution in [0.15, 0.2) is 41.2 Å². The smallest absolute Gasteiger partial charge is 0.290 e. The minimum atomic E-state index is -0.368. The van der Waals surface area contributed by atoms with Crippen molar-refractivity contribution in [2.45, 2.75) is 20.3 Å². The number of benzene rings is 1. The Hall–Kier alpha value is -3.70. The number of halogens is 2. The van der Waals surface area contributed by atoms with Gasteiger partial charge in [-0.05, 0) is 49.2 Å². The minimum absolute atomic E-state index is 0.0213. The highest BCUT2D eigenvalue weighted by atomic mass is 35.5. The largest absolute Gasteiger partial charge is 0.359 e. The summed E-state index contributed by atoms with van der Waals surface area (Å²) in [7, 11) is 0. The molecule has 1 aromatic carbocycles. The van der Waals surface area contributed by atoms with Crippen molar-refractivity contribution in [3.63, 3.8) is 0 Å². The summed E-state index contributed by atoms with van der Waals surface area (Å²) in [4.78, 5) is 38.7. The van der Waals surface area contributed by atoms with Crippen molar-refractivity contribution in [3.8, 4) is 0 Å². The number of aromatic nitrogens is 2. The Balaban J connectivity index is 1.96. The van der Waals surface area contributed by atoms with E-state index in [1.54, 1.807) is 24.0 Å². The van der Waals surface area contributed by atoms with Gasteiger partial charge in [0.15, 0.2) is 0 Å². The molecule has 0 unspecified atom stereocenters. The summed E-state index contributed by atoms with van der Waals surface area (Å²) < 4.78 is 13.9. The third-order valence-corrected chi connectivity index (χ3v) is 5.43. The van der Waals surface area contributed by atoms with Crippen LogP contribution in [0, 0.1) is 19.3 Å². The lowest BCUT2D eigenvalue weighted by Crippen LogP contribution is -2.46. The molecule has 0 aliphatic carbocycles. The van der Waals surface area contributed by atoms with Gasteiger partial charge in [0.2, 0.25) is 11.4 Å². The number of carbonyl (C=O) groups is 1. The number of aryl methyl sites for hydroxylation is 2. The highest BCUT2D eigenvalue weighted by molar-refractivity contribution is 6.33. The molecular formula is C22H17ClFN5O2. The number of H-pyrrole nitrogens is 1. The van der Waals surface area contributed by atoms with Crippen LogP contribution in [0.1, 0.15) is 28.5 Å². The number of rotatable bonds is 3. The van der Waals surface area contributed by atoms with E-state index in [0.717, 1.165) is 5.56 Å². The van der Waals surface area contributed by atoms with Gasteiger partial charge in [-0.1, -0.05) is 30.1 Å². The fourth-order valence-corrected chi connectivity index (χ4v) is 3.86. The van der Waals surface area contributed by atoms with Crippen molar-refractivity contribution in [1.29, 1.82) is 0 Å². The highest BCUT2D eigenvalue weighted by Crippen LogP contribution is 2.40. The van der Waals surface area contributed by atoms with Gasteiger partial charge in [-0.3, -0.25) is 19.4 Å². The first-order chi connectivity index (χ1) is 14.8. The van der Waals surface area contributed by atoms with Crippen LogP contribution in [0.2, 0.25) is 5.02 Å². The Kier molecular flexibility index (Phi) is 5.21. The summed E-state index contributed by atoms with van der Waals surface area (Å²) >= 11 is 6.18. The molecule has 9 heteroatoms. The number of amides is 1. The normalized spacial score (nSPS) is 13.2. The zero-order valence-electron chi connectivity index (χ0n) is 16.7. The maximum absolute atomic E-state index is 13.9. The predicted molar refractivity (Wildman–Crippen MR) is 117 cm³/mol. The monoisotopic (exact) mass is 437 g/mol. The summed E-state index contributed by atoms with van der Waals surface area (Å²) in [6, 6.07) is 8.74. The van der Waals surface area contributed by atoms with Gasteiger partial charge in [0.05, 0.1) is 10.7 Å². The van der Waals surface area contributed by atoms with Crippen LogP contribution in [-0.4, -0.2) is 22.5 Å². The number of nitrogens with one attached hydrogen (secondary N) is 1. The molecule has 0 bridgehead atoms. The Morgan fingerprint density at radius 2 is 1.94 bits per heavy atom. The number of pyridine rings is 2. The van der Waals surface area contributed by atoms with E-state index >= 15 is 0 Å². The van der Waals surface area contributed by atoms with Crippen molar-refractivity contribution >= 4 is 40.5 Å². The van der Waals surface area contributed by atoms with Crippen LogP contribution in [0.3, 0.4) is 0 Å². The van der Waals surface area contributed by atoms with Gasteiger partial charge in [0.25, 0.3) is 11.7 Å². The molecule has 0 fully saturated rings. The molecule has 4 rings (SSSR count). The van der Waals surface area contributed by atoms with E-state index in [9.17, 15) is 14.0 Å². The summed E-state index contributed by atoms with van der Waals surface area (Å²) in [5, 5.41) is 0.0666. The average Bonchev–Trinajstić information content (AvgIpc) is 2.74. The third kappa shape index (κ3) is 3.53. The molecule has 1 N–H and O–H groups in total. The van der Waals surface area contributed by atoms with Crippen molar-refractivity contribution in [3.05, 3.63) is 85.8 Å². The van der Waals surface area contributed by atoms with E-state index in [0.29, 0.717) is 23.5 Å². The van der Waals surface area contributed by atoms with Crippen molar-refractivity contribution in [2.75, 3.05) is 16.5 Å². The van der Waals surface area contributed by atoms with E-state index in [4.69, 9.17) is 18.2 Å². The minimum Gasteiger partial charge on any atom is -0.359 e. The maximum atomic E-state index is 13.9. The molecule has 1 amide bonds. The molecule has 3 aromatic rings. The van der Waals surface area contributed by atoms with E-state index in [-0.39, 0.29) is 46.2 Å². The van der Waals surface area contributed by atoms with Gasteiger partial charge in [0.1, 0.15) is 18.0 Å². The highest BCUT2D eigenvalue weighted by Gasteiger charge is 2.37. The Labute approximate surface area is 182 Å². The molecule has 7 nitrogen and oxygen atoms in total. The Morgan fingerprint density at radius 1 is 1.19 bits per heavy atom. The summed E-state index contributed by atoms with van der Waals surface area (Å²) in [6.07, 6.45) is 0.549. The van der Waals surface area contributed by atoms with Crippen molar-refractivity contribution < 1.29 is 9.18 Å². The number of hydrogen-bond donors (Lipinski definition) is 1. The molecule has 2 aromatic heterocycles. The molecule has 0 radical (unpaired) electrons. The quantitative estimate of drug-likeness (QED) is 0.600. The number of anilines is 3. The number of nitrogens with zero attached hydrogens (tertiary/aromatic N) is 4. The first-order valence-electron chi connectivity index (χ1n) is 9.49. The van der Waals surface area contributed by atoms with E-state index in [2.05, 4.69) is 14.8 Å². The van der Waals surface area contributed by atoms with Crippen LogP contribution >= 0.6 is 11.6 Å². The van der Waals surface area contributed by atoms with Crippen molar-refractivity contribution in [1.82, 2.24) is 9.97 Å². The fourth-order valence-electron chi connectivity index (χ4n) is 3.67. The number of hydrogen-bond acceptors (Lipinski definition) is 4. The molecule has 0 atom stereocenters. The van der Waals surface area contributed by atoms with Gasteiger partial charge in [0, 0.05) is 17.4 Å². The van der Waals surface area contributed by atoms with Crippen molar-refractivity contribution in [2.24, 2.45) is 0 Å². The molecule has 0 saturated carbocycles. The standard InChI is InChI=1S/C22H17ClFN5O2/c1-4-13-9-14(24)5-6-18(13)28-11-29(17-7-8-19(30)26-12(17)2)22(31)15-10-16(23)20(25-3)27-21(15)28/h5-10H,4,11H2,1-2H3,(H,26,30). The Bertz CT molecular complexity index is 1310. The van der Waals surface area contributed by atoms with Crippen LogP contribution in [-0.2, 0) is 6.42 Å². The summed E-state index contributed by atoms with van der Waals surface area (Å²) in [5.41, 5.74) is 2.36. The zero-order valence-corrected chi connectivity index (χ0v) is 17.5. The number of carbonyl (C=O) groups excluding carboxylic acids is 1. The van der Waals surface area contributed by atoms with Gasteiger partial charge < -0.3 is 9.83 Å². The number of fused-ring (bicyclic) bond motifs is 1. The second-order valence-electron chi connectivity index (χ2n) is 7.04. The summed E-state index contributed by atoms with van der Waals surface area (Å²) in [5.74, 6) is -0.479. The molecule has 156 valence electrons. The van der Waals surface area contributed by atoms with E-state index in [1.165, 1.54) is 29.2 Å². The van der Waals surface area contributed by atoms with Gasteiger partial charge in [-0.2, -0.15) is 0 Å². The average molecular weight is 438 g/mol. The lowest BCUT2D eigenvalue weighted by molar-refractivity contribution is 0.0983. The van der Waals surface area contributed by atoms with E-state index in [1.807, 2.05) is 6.92 Å². The van der Waals surface area contributed by atoms with Crippen LogP contribution in [0.25, 0.3) is 4.85 Å². The van der Waals surface area contributed by atoms with E-state index < -0.39 is 0 Å². The third-order valence-electron chi connectivity index (χ3n) is 5.15. The lowest BCUT2D eigenvalue weighted by Gasteiger charge is -2.36. The lowest BCUT2D eigenvalue weighted by atomic mass is 10.1. The topological polar surface area (TPSA) is 73.7 Å². The maximum Gasteiger partial charge on any atom is 0.290 e. The molecule has 3 heterocycles. The first kappa shape index (κ1) is 20.6. The van der Waals surface area contributed by atoms with Crippen LogP contribution in [0.4, 0.5) is 27.4 Å². The predicted octanol–water partition coefficient (Wildman–Crippen LogP) is 4.74. The van der Waals surface area contributed by atoms with Crippen LogP contribution in [0.5, 0.6) is 0 Å². The molecule has 31 heavy (non-hydrogen) atoms. The molecule has 0 saturated heterocycles. The van der Waals surface area contributed by atoms with Gasteiger partial charge >= 0.3 is 0 Å². The zero-order chi connectivity index (χ0) is 22.3. The molecule has 0 spiro atoms. The number of aromatic amines is 1. The van der Waals surface area contributed by atoms with Gasteiger partial charge in [-0.25, -0.2) is 4.39 Å². The SMILES string of the molecule is [C-]#[N+]c1nc2c(cc1Cl)C(=O)N(c1ccc(=O)[nH]c1C)CN2c1ccc(F)cc1CC. The molecule has 1 aliphatic heterocycles. The second kappa shape index (κ2) is 7.85. The fraction of sp³-hybridized carbons (Fsp3) is 0.182. The molecule has 1 aliphatic rings. The summed E-state index contributed by atoms with van der Waals surface area (Å²) in [6.45, 7) is 11.0. The van der Waals surface area contributed by atoms with Gasteiger partial charge in [-0.15, -0.1) is 0 Å². The van der Waals surface area contributed by atoms with Crippen LogP contribution < -0.4 is 15.4 Å². The first-order valence-corrected chi connectivity index (χ1v) is 9.87.